The van der Waals surface area contributed by atoms with E-state index < -0.39 is 5.97 Å². The molecule has 1 N–H and O–H groups in total. The largest absolute Gasteiger partial charge is 0.463 e. The SMILES string of the molecule is CCOCc1ccccc1CNCc1ccc(C(=O)OC)o1. The monoisotopic (exact) mass is 303 g/mol. The van der Waals surface area contributed by atoms with Crippen molar-refractivity contribution in [3.63, 3.8) is 0 Å². The number of hydrogen-bond donors (Lipinski definition) is 1. The van der Waals surface area contributed by atoms with Gasteiger partial charge in [-0.25, -0.2) is 4.79 Å². The summed E-state index contributed by atoms with van der Waals surface area (Å²) in [5, 5.41) is 3.30. The third kappa shape index (κ3) is 4.44. The topological polar surface area (TPSA) is 60.7 Å². The molecule has 5 heteroatoms. The lowest BCUT2D eigenvalue weighted by Gasteiger charge is -2.10. The number of carbonyl (C=O) groups excluding carboxylic acids is 1. The van der Waals surface area contributed by atoms with Crippen LogP contribution in [0.1, 0.15) is 34.4 Å². The van der Waals surface area contributed by atoms with Crippen molar-refractivity contribution in [3.8, 4) is 0 Å². The molecule has 0 unspecified atom stereocenters. The molecule has 0 saturated heterocycles. The lowest BCUT2D eigenvalue weighted by atomic mass is 10.1. The fourth-order valence-corrected chi connectivity index (χ4v) is 2.09. The number of nitrogens with one attached hydrogen (secondary N) is 1. The van der Waals surface area contributed by atoms with Gasteiger partial charge in [0, 0.05) is 13.2 Å². The van der Waals surface area contributed by atoms with E-state index in [4.69, 9.17) is 9.15 Å². The Labute approximate surface area is 130 Å². The minimum absolute atomic E-state index is 0.219. The first-order valence-corrected chi connectivity index (χ1v) is 7.27. The molecule has 0 saturated carbocycles. The minimum atomic E-state index is -0.465. The van der Waals surface area contributed by atoms with Crippen molar-refractivity contribution in [3.05, 3.63) is 59.0 Å². The maximum absolute atomic E-state index is 11.3. The van der Waals surface area contributed by atoms with Crippen LogP contribution in [-0.4, -0.2) is 19.7 Å². The molecule has 0 aliphatic heterocycles. The van der Waals surface area contributed by atoms with Gasteiger partial charge in [-0.1, -0.05) is 24.3 Å². The normalized spacial score (nSPS) is 10.6. The van der Waals surface area contributed by atoms with Crippen molar-refractivity contribution in [2.75, 3.05) is 13.7 Å². The molecule has 22 heavy (non-hydrogen) atoms. The highest BCUT2D eigenvalue weighted by atomic mass is 16.5. The molecule has 0 bridgehead atoms. The molecule has 2 aromatic rings. The van der Waals surface area contributed by atoms with Gasteiger partial charge in [-0.05, 0) is 30.2 Å². The van der Waals surface area contributed by atoms with E-state index in [9.17, 15) is 4.79 Å². The Morgan fingerprint density at radius 1 is 1.14 bits per heavy atom. The number of methoxy groups -OCH3 is 1. The number of rotatable bonds is 8. The van der Waals surface area contributed by atoms with Gasteiger partial charge in [-0.15, -0.1) is 0 Å². The summed E-state index contributed by atoms with van der Waals surface area (Å²) in [6.07, 6.45) is 0. The average Bonchev–Trinajstić information content (AvgIpc) is 3.02. The van der Waals surface area contributed by atoms with Crippen LogP contribution in [0.4, 0.5) is 0 Å². The third-order valence-electron chi connectivity index (χ3n) is 3.24. The highest BCUT2D eigenvalue weighted by Crippen LogP contribution is 2.12. The molecule has 0 radical (unpaired) electrons. The van der Waals surface area contributed by atoms with Gasteiger partial charge in [-0.2, -0.15) is 0 Å². The Hall–Kier alpha value is -2.11. The second-order valence-electron chi connectivity index (χ2n) is 4.77. The van der Waals surface area contributed by atoms with Crippen molar-refractivity contribution in [2.24, 2.45) is 0 Å². The summed E-state index contributed by atoms with van der Waals surface area (Å²) in [7, 11) is 1.33. The first-order chi connectivity index (χ1) is 10.7. The summed E-state index contributed by atoms with van der Waals surface area (Å²) in [5.74, 6) is 0.451. The van der Waals surface area contributed by atoms with Crippen molar-refractivity contribution in [1.82, 2.24) is 5.32 Å². The second kappa shape index (κ2) is 8.36. The van der Waals surface area contributed by atoms with Gasteiger partial charge in [0.05, 0.1) is 20.3 Å². The van der Waals surface area contributed by atoms with Crippen LogP contribution in [0.25, 0.3) is 0 Å². The van der Waals surface area contributed by atoms with Gasteiger partial charge in [0.25, 0.3) is 0 Å². The molecule has 0 fully saturated rings. The summed E-state index contributed by atoms with van der Waals surface area (Å²) in [6.45, 7) is 4.54. The Bertz CT molecular complexity index is 606. The molecule has 1 aromatic carbocycles. The highest BCUT2D eigenvalue weighted by molar-refractivity contribution is 5.86. The van der Waals surface area contributed by atoms with Crippen molar-refractivity contribution in [2.45, 2.75) is 26.6 Å². The summed E-state index contributed by atoms with van der Waals surface area (Å²) < 4.78 is 15.5. The predicted octanol–water partition coefficient (Wildman–Crippen LogP) is 2.89. The number of carbonyl (C=O) groups is 1. The molecular weight excluding hydrogens is 282 g/mol. The standard InChI is InChI=1S/C17H21NO4/c1-3-21-12-14-7-5-4-6-13(14)10-18-11-15-8-9-16(22-15)17(19)20-2/h4-9,18H,3,10-12H2,1-2H3. The first kappa shape index (κ1) is 16.3. The maximum Gasteiger partial charge on any atom is 0.373 e. The maximum atomic E-state index is 11.3. The smallest absolute Gasteiger partial charge is 0.373 e. The van der Waals surface area contributed by atoms with Crippen LogP contribution in [-0.2, 0) is 29.2 Å². The van der Waals surface area contributed by atoms with Gasteiger partial charge >= 0.3 is 5.97 Å². The molecule has 118 valence electrons. The molecule has 0 aliphatic carbocycles. The molecule has 5 nitrogen and oxygen atoms in total. The lowest BCUT2D eigenvalue weighted by Crippen LogP contribution is -2.14. The van der Waals surface area contributed by atoms with E-state index in [0.717, 1.165) is 0 Å². The van der Waals surface area contributed by atoms with E-state index in [0.29, 0.717) is 32.1 Å². The Balaban J connectivity index is 1.88. The third-order valence-corrected chi connectivity index (χ3v) is 3.24. The van der Waals surface area contributed by atoms with Crippen LogP contribution in [0.15, 0.2) is 40.8 Å². The van der Waals surface area contributed by atoms with Crippen molar-refractivity contribution < 1.29 is 18.7 Å². The summed E-state index contributed by atoms with van der Waals surface area (Å²) in [4.78, 5) is 11.3. The van der Waals surface area contributed by atoms with Crippen LogP contribution in [0, 0.1) is 0 Å². The van der Waals surface area contributed by atoms with Gasteiger partial charge in [0.2, 0.25) is 5.76 Å². The van der Waals surface area contributed by atoms with E-state index in [1.54, 1.807) is 12.1 Å². The van der Waals surface area contributed by atoms with Crippen LogP contribution in [0.3, 0.4) is 0 Å². The number of hydrogen-bond acceptors (Lipinski definition) is 5. The number of benzene rings is 1. The molecule has 1 aromatic heterocycles. The Morgan fingerprint density at radius 2 is 1.91 bits per heavy atom. The van der Waals surface area contributed by atoms with Crippen molar-refractivity contribution in [1.29, 1.82) is 0 Å². The lowest BCUT2D eigenvalue weighted by molar-refractivity contribution is 0.0563. The molecule has 0 spiro atoms. The quantitative estimate of drug-likeness (QED) is 0.760. The molecule has 0 amide bonds. The highest BCUT2D eigenvalue weighted by Gasteiger charge is 2.10. The van der Waals surface area contributed by atoms with Gasteiger partial charge in [0.15, 0.2) is 0 Å². The van der Waals surface area contributed by atoms with E-state index in [2.05, 4.69) is 22.2 Å². The zero-order valence-corrected chi connectivity index (χ0v) is 12.9. The summed E-state index contributed by atoms with van der Waals surface area (Å²) in [6, 6.07) is 11.5. The molecule has 1 heterocycles. The zero-order chi connectivity index (χ0) is 15.8. The Morgan fingerprint density at radius 3 is 2.64 bits per heavy atom. The molecule has 0 aliphatic rings. The number of esters is 1. The fourth-order valence-electron chi connectivity index (χ4n) is 2.09. The average molecular weight is 303 g/mol. The van der Waals surface area contributed by atoms with Gasteiger partial charge < -0.3 is 19.2 Å². The minimum Gasteiger partial charge on any atom is -0.463 e. The van der Waals surface area contributed by atoms with E-state index in [1.165, 1.54) is 18.2 Å². The van der Waals surface area contributed by atoms with E-state index in [1.807, 2.05) is 19.1 Å². The number of furan rings is 1. The van der Waals surface area contributed by atoms with E-state index in [-0.39, 0.29) is 5.76 Å². The first-order valence-electron chi connectivity index (χ1n) is 7.27. The van der Waals surface area contributed by atoms with Gasteiger partial charge in [-0.3, -0.25) is 0 Å². The molecule has 0 atom stereocenters. The van der Waals surface area contributed by atoms with Crippen LogP contribution in [0.5, 0.6) is 0 Å². The Kier molecular flexibility index (Phi) is 6.18. The summed E-state index contributed by atoms with van der Waals surface area (Å²) in [5.41, 5.74) is 2.36. The predicted molar refractivity (Wildman–Crippen MR) is 82.4 cm³/mol. The van der Waals surface area contributed by atoms with Gasteiger partial charge in [0.1, 0.15) is 5.76 Å². The zero-order valence-electron chi connectivity index (χ0n) is 12.9. The number of ether oxygens (including phenoxy) is 2. The van der Waals surface area contributed by atoms with Crippen LogP contribution >= 0.6 is 0 Å². The second-order valence-corrected chi connectivity index (χ2v) is 4.77. The van der Waals surface area contributed by atoms with Crippen molar-refractivity contribution >= 4 is 5.97 Å². The van der Waals surface area contributed by atoms with Crippen LogP contribution < -0.4 is 5.32 Å². The molecule has 2 rings (SSSR count). The fraction of sp³-hybridized carbons (Fsp3) is 0.353. The van der Waals surface area contributed by atoms with E-state index >= 15 is 0 Å². The van der Waals surface area contributed by atoms with Crippen LogP contribution in [0.2, 0.25) is 0 Å². The molecular formula is C17H21NO4. The summed E-state index contributed by atoms with van der Waals surface area (Å²) >= 11 is 0.